The Kier molecular flexibility index (Phi) is 13.9. The molecular formula is C35H47NO7. The molecular weight excluding hydrogens is 546 g/mol. The van der Waals surface area contributed by atoms with Crippen molar-refractivity contribution < 1.29 is 33.2 Å². The van der Waals surface area contributed by atoms with Gasteiger partial charge in [0.25, 0.3) is 0 Å². The van der Waals surface area contributed by atoms with Crippen molar-refractivity contribution in [3.8, 4) is 23.0 Å². The van der Waals surface area contributed by atoms with Gasteiger partial charge in [-0.15, -0.1) is 0 Å². The Labute approximate surface area is 256 Å². The zero-order chi connectivity index (χ0) is 30.1. The first kappa shape index (κ1) is 32.6. The lowest BCUT2D eigenvalue weighted by Gasteiger charge is -2.32. The minimum atomic E-state index is 0.0681. The second-order valence-corrected chi connectivity index (χ2v) is 10.5. The number of hydrogen-bond acceptors (Lipinski definition) is 8. The zero-order valence-electron chi connectivity index (χ0n) is 25.8. The monoisotopic (exact) mass is 593 g/mol. The maximum absolute atomic E-state index is 6.48. The highest BCUT2D eigenvalue weighted by Gasteiger charge is 2.27. The molecule has 0 aromatic heterocycles. The van der Waals surface area contributed by atoms with E-state index in [9.17, 15) is 0 Å². The summed E-state index contributed by atoms with van der Waals surface area (Å²) in [6.45, 7) is 7.84. The molecule has 8 heteroatoms. The number of methoxy groups -OCH3 is 2. The van der Waals surface area contributed by atoms with Crippen molar-refractivity contribution in [1.29, 1.82) is 0 Å². The summed E-state index contributed by atoms with van der Waals surface area (Å²) in [5, 5.41) is 3.50. The van der Waals surface area contributed by atoms with Crippen molar-refractivity contribution in [2.75, 3.05) is 60.3 Å². The second kappa shape index (κ2) is 18.4. The fourth-order valence-electron chi connectivity index (χ4n) is 5.17. The maximum Gasteiger partial charge on any atom is 0.161 e. The first-order valence-electron chi connectivity index (χ1n) is 15.3. The van der Waals surface area contributed by atoms with Crippen LogP contribution < -0.4 is 24.3 Å². The van der Waals surface area contributed by atoms with Crippen LogP contribution in [-0.2, 0) is 27.4 Å². The molecule has 8 nitrogen and oxygen atoms in total. The van der Waals surface area contributed by atoms with Gasteiger partial charge in [-0.05, 0) is 61.3 Å². The predicted octanol–water partition coefficient (Wildman–Crippen LogP) is 6.16. The summed E-state index contributed by atoms with van der Waals surface area (Å²) in [5.41, 5.74) is 3.38. The minimum absolute atomic E-state index is 0.0681. The van der Waals surface area contributed by atoms with Crippen LogP contribution in [0.4, 0.5) is 0 Å². The molecule has 1 aliphatic rings. The number of piperidine rings is 1. The fourth-order valence-corrected chi connectivity index (χ4v) is 5.17. The van der Waals surface area contributed by atoms with Gasteiger partial charge in [-0.1, -0.05) is 36.4 Å². The van der Waals surface area contributed by atoms with Crippen LogP contribution in [0.1, 0.15) is 48.8 Å². The zero-order valence-corrected chi connectivity index (χ0v) is 25.8. The first-order valence-corrected chi connectivity index (χ1v) is 15.3. The molecule has 1 heterocycles. The molecule has 43 heavy (non-hydrogen) atoms. The van der Waals surface area contributed by atoms with Gasteiger partial charge in [0.1, 0.15) is 11.5 Å². The predicted molar refractivity (Wildman–Crippen MR) is 168 cm³/mol. The molecule has 0 bridgehead atoms. The standard InChI is InChI=1S/C35H47NO7/c1-4-40-33-16-11-27(23-34(33)42-22-7-19-37-2)25-43-35-24-36-18-17-31(35)28-12-14-30(15-13-28)41-21-8-20-39-26-29-9-5-6-10-32(29)38-3/h5-6,9-16,23,31,35-36H,4,7-8,17-22,24-26H2,1-3H3. The van der Waals surface area contributed by atoms with E-state index >= 15 is 0 Å². The molecule has 3 aromatic rings. The van der Waals surface area contributed by atoms with Crippen LogP contribution in [0.25, 0.3) is 0 Å². The van der Waals surface area contributed by atoms with Crippen LogP contribution in [0.2, 0.25) is 0 Å². The van der Waals surface area contributed by atoms with Gasteiger partial charge in [-0.2, -0.15) is 0 Å². The largest absolute Gasteiger partial charge is 0.496 e. The molecule has 2 unspecified atom stereocenters. The lowest BCUT2D eigenvalue weighted by Crippen LogP contribution is -2.40. The Bertz CT molecular complexity index is 1200. The van der Waals surface area contributed by atoms with Gasteiger partial charge in [0.05, 0.1) is 52.9 Å². The first-order chi connectivity index (χ1) is 21.2. The van der Waals surface area contributed by atoms with Crippen LogP contribution in [-0.4, -0.2) is 66.4 Å². The Morgan fingerprint density at radius 2 is 1.58 bits per heavy atom. The lowest BCUT2D eigenvalue weighted by atomic mass is 9.87. The topological polar surface area (TPSA) is 76.6 Å². The highest BCUT2D eigenvalue weighted by atomic mass is 16.5. The van der Waals surface area contributed by atoms with Crippen LogP contribution in [0.5, 0.6) is 23.0 Å². The lowest BCUT2D eigenvalue weighted by molar-refractivity contribution is 0.0105. The van der Waals surface area contributed by atoms with Gasteiger partial charge < -0.3 is 38.5 Å². The van der Waals surface area contributed by atoms with E-state index < -0.39 is 0 Å². The van der Waals surface area contributed by atoms with Crippen molar-refractivity contribution in [3.63, 3.8) is 0 Å². The second-order valence-electron chi connectivity index (χ2n) is 10.5. The van der Waals surface area contributed by atoms with E-state index in [4.69, 9.17) is 33.2 Å². The van der Waals surface area contributed by atoms with Crippen LogP contribution in [0.3, 0.4) is 0 Å². The summed E-state index contributed by atoms with van der Waals surface area (Å²) >= 11 is 0. The van der Waals surface area contributed by atoms with Gasteiger partial charge in [0.15, 0.2) is 11.5 Å². The number of benzene rings is 3. The van der Waals surface area contributed by atoms with Crippen LogP contribution >= 0.6 is 0 Å². The molecule has 0 radical (unpaired) electrons. The maximum atomic E-state index is 6.48. The number of rotatable bonds is 19. The summed E-state index contributed by atoms with van der Waals surface area (Å²) in [4.78, 5) is 0. The fraction of sp³-hybridized carbons (Fsp3) is 0.486. The minimum Gasteiger partial charge on any atom is -0.496 e. The summed E-state index contributed by atoms with van der Waals surface area (Å²) in [7, 11) is 3.38. The third-order valence-corrected chi connectivity index (χ3v) is 7.41. The van der Waals surface area contributed by atoms with E-state index in [1.165, 1.54) is 5.56 Å². The quantitative estimate of drug-likeness (QED) is 0.166. The molecule has 3 aromatic carbocycles. The number of ether oxygens (including phenoxy) is 7. The normalized spacial score (nSPS) is 16.5. The van der Waals surface area contributed by atoms with Crippen LogP contribution in [0, 0.1) is 0 Å². The average Bonchev–Trinajstić information content (AvgIpc) is 3.05. The summed E-state index contributed by atoms with van der Waals surface area (Å²) in [6.07, 6.45) is 2.72. The van der Waals surface area contributed by atoms with Crippen molar-refractivity contribution in [3.05, 3.63) is 83.4 Å². The van der Waals surface area contributed by atoms with Gasteiger partial charge in [-0.25, -0.2) is 0 Å². The summed E-state index contributed by atoms with van der Waals surface area (Å²) in [5.74, 6) is 3.53. The van der Waals surface area contributed by atoms with Gasteiger partial charge in [0.2, 0.25) is 0 Å². The molecule has 1 aliphatic heterocycles. The molecule has 2 atom stereocenters. The summed E-state index contributed by atoms with van der Waals surface area (Å²) in [6, 6.07) is 22.4. The van der Waals surface area contributed by atoms with Gasteiger partial charge in [-0.3, -0.25) is 0 Å². The molecule has 1 N–H and O–H groups in total. The number of nitrogens with one attached hydrogen (secondary N) is 1. The highest BCUT2D eigenvalue weighted by Crippen LogP contribution is 2.32. The average molecular weight is 594 g/mol. The Morgan fingerprint density at radius 3 is 2.40 bits per heavy atom. The number of hydrogen-bond donors (Lipinski definition) is 1. The van der Waals surface area contributed by atoms with Gasteiger partial charge in [0, 0.05) is 44.6 Å². The van der Waals surface area contributed by atoms with E-state index in [0.29, 0.717) is 52.2 Å². The van der Waals surface area contributed by atoms with E-state index in [0.717, 1.165) is 66.5 Å². The molecule has 1 fully saturated rings. The van der Waals surface area contributed by atoms with Crippen molar-refractivity contribution >= 4 is 0 Å². The molecule has 234 valence electrons. The van der Waals surface area contributed by atoms with E-state index in [2.05, 4.69) is 29.6 Å². The third kappa shape index (κ3) is 10.4. The van der Waals surface area contributed by atoms with Crippen LogP contribution in [0.15, 0.2) is 66.7 Å². The Morgan fingerprint density at radius 1 is 0.767 bits per heavy atom. The van der Waals surface area contributed by atoms with E-state index in [-0.39, 0.29) is 6.10 Å². The highest BCUT2D eigenvalue weighted by molar-refractivity contribution is 5.43. The summed E-state index contributed by atoms with van der Waals surface area (Å²) < 4.78 is 40.6. The van der Waals surface area contributed by atoms with E-state index in [1.807, 2.05) is 49.4 Å². The smallest absolute Gasteiger partial charge is 0.161 e. The van der Waals surface area contributed by atoms with Crippen molar-refractivity contribution in [2.45, 2.75) is 51.4 Å². The molecule has 0 saturated carbocycles. The molecule has 0 amide bonds. The van der Waals surface area contributed by atoms with Gasteiger partial charge >= 0.3 is 0 Å². The number of para-hydroxylation sites is 1. The van der Waals surface area contributed by atoms with Crippen molar-refractivity contribution in [1.82, 2.24) is 5.32 Å². The third-order valence-electron chi connectivity index (χ3n) is 7.41. The molecule has 4 rings (SSSR count). The van der Waals surface area contributed by atoms with Crippen molar-refractivity contribution in [2.24, 2.45) is 0 Å². The Balaban J connectivity index is 1.24. The molecule has 1 saturated heterocycles. The van der Waals surface area contributed by atoms with E-state index in [1.54, 1.807) is 14.2 Å². The Hall–Kier alpha value is -3.30. The molecule has 0 aliphatic carbocycles. The molecule has 0 spiro atoms. The SMILES string of the molecule is CCOc1ccc(COC2CNCCC2c2ccc(OCCCOCc3ccccc3OC)cc2)cc1OCCCOC.